The van der Waals surface area contributed by atoms with Crippen LogP contribution in [0, 0.1) is 0 Å². The zero-order valence-corrected chi connectivity index (χ0v) is 14.6. The van der Waals surface area contributed by atoms with E-state index in [4.69, 9.17) is 0 Å². The Morgan fingerprint density at radius 1 is 1.04 bits per heavy atom. The highest BCUT2D eigenvalue weighted by Crippen LogP contribution is 2.34. The van der Waals surface area contributed by atoms with Crippen LogP contribution in [-0.2, 0) is 17.4 Å². The maximum atomic E-state index is 12.9. The fourth-order valence-electron chi connectivity index (χ4n) is 2.68. The summed E-state index contributed by atoms with van der Waals surface area (Å²) in [5.41, 5.74) is 0.210. The molecule has 0 aliphatic heterocycles. The normalized spacial score (nSPS) is 12.6. The monoisotopic (exact) mass is 364 g/mol. The lowest BCUT2D eigenvalue weighted by atomic mass is 10.1. The van der Waals surface area contributed by atoms with Gasteiger partial charge in [0.05, 0.1) is 11.3 Å². The van der Waals surface area contributed by atoms with Crippen LogP contribution in [-0.4, -0.2) is 18.5 Å². The van der Waals surface area contributed by atoms with Crippen LogP contribution in [0.1, 0.15) is 30.9 Å². The summed E-state index contributed by atoms with van der Waals surface area (Å²) in [6.45, 7) is 2.58. The fourth-order valence-corrected chi connectivity index (χ4v) is 2.68. The van der Waals surface area contributed by atoms with E-state index >= 15 is 0 Å². The standard InChI is InChI=1S/C20H23F3N2O/c1-15(24-13-7-10-16-8-3-2-4-9-16)14-19(26)25-18-12-6-5-11-17(18)20(21,22)23/h2-6,8-9,11-12,15,24H,7,10,13-14H2,1H3,(H,25,26). The zero-order chi connectivity index (χ0) is 19.0. The first-order valence-corrected chi connectivity index (χ1v) is 8.59. The Balaban J connectivity index is 1.75. The smallest absolute Gasteiger partial charge is 0.325 e. The Morgan fingerprint density at radius 3 is 2.38 bits per heavy atom. The van der Waals surface area contributed by atoms with Gasteiger partial charge in [-0.3, -0.25) is 4.79 Å². The molecule has 0 saturated carbocycles. The van der Waals surface area contributed by atoms with E-state index in [2.05, 4.69) is 22.8 Å². The van der Waals surface area contributed by atoms with Crippen molar-refractivity contribution in [2.45, 2.75) is 38.4 Å². The molecule has 0 aliphatic rings. The van der Waals surface area contributed by atoms with Gasteiger partial charge in [0, 0.05) is 12.5 Å². The summed E-state index contributed by atoms with van der Waals surface area (Å²) >= 11 is 0. The van der Waals surface area contributed by atoms with E-state index in [1.165, 1.54) is 23.8 Å². The summed E-state index contributed by atoms with van der Waals surface area (Å²) in [6, 6.07) is 15.0. The SMILES string of the molecule is CC(CC(=O)Nc1ccccc1C(F)(F)F)NCCCc1ccccc1. The van der Waals surface area contributed by atoms with Crippen LogP contribution in [0.5, 0.6) is 0 Å². The maximum absolute atomic E-state index is 12.9. The Kier molecular flexibility index (Phi) is 7.21. The first-order chi connectivity index (χ1) is 12.4. The molecule has 2 aromatic rings. The molecule has 6 heteroatoms. The van der Waals surface area contributed by atoms with E-state index in [0.29, 0.717) is 0 Å². The van der Waals surface area contributed by atoms with Gasteiger partial charge in [-0.2, -0.15) is 13.2 Å². The number of hydrogen-bond donors (Lipinski definition) is 2. The van der Waals surface area contributed by atoms with Crippen molar-refractivity contribution in [2.24, 2.45) is 0 Å². The van der Waals surface area contributed by atoms with Gasteiger partial charge in [0.25, 0.3) is 0 Å². The third-order valence-electron chi connectivity index (χ3n) is 3.98. The van der Waals surface area contributed by atoms with Crippen LogP contribution in [0.4, 0.5) is 18.9 Å². The number of aryl methyl sites for hydroxylation is 1. The van der Waals surface area contributed by atoms with Gasteiger partial charge in [-0.15, -0.1) is 0 Å². The van der Waals surface area contributed by atoms with Crippen molar-refractivity contribution in [3.05, 3.63) is 65.7 Å². The summed E-state index contributed by atoms with van der Waals surface area (Å²) in [7, 11) is 0. The van der Waals surface area contributed by atoms with Crippen molar-refractivity contribution >= 4 is 11.6 Å². The number of halogens is 3. The highest BCUT2D eigenvalue weighted by atomic mass is 19.4. The molecular weight excluding hydrogens is 341 g/mol. The molecule has 0 heterocycles. The third kappa shape index (κ3) is 6.52. The van der Waals surface area contributed by atoms with Gasteiger partial charge in [-0.1, -0.05) is 42.5 Å². The van der Waals surface area contributed by atoms with Crippen LogP contribution in [0.3, 0.4) is 0 Å². The number of amides is 1. The van der Waals surface area contributed by atoms with E-state index in [1.807, 2.05) is 25.1 Å². The number of carbonyl (C=O) groups excluding carboxylic acids is 1. The Labute approximate surface area is 151 Å². The minimum atomic E-state index is -4.49. The van der Waals surface area contributed by atoms with E-state index in [-0.39, 0.29) is 18.2 Å². The van der Waals surface area contributed by atoms with Gasteiger partial charge < -0.3 is 10.6 Å². The average molecular weight is 364 g/mol. The third-order valence-corrected chi connectivity index (χ3v) is 3.98. The zero-order valence-electron chi connectivity index (χ0n) is 14.6. The number of benzene rings is 2. The van der Waals surface area contributed by atoms with Crippen LogP contribution >= 0.6 is 0 Å². The Morgan fingerprint density at radius 2 is 1.69 bits per heavy atom. The van der Waals surface area contributed by atoms with Crippen molar-refractivity contribution in [1.29, 1.82) is 0 Å². The number of alkyl halides is 3. The maximum Gasteiger partial charge on any atom is 0.418 e. The van der Waals surface area contributed by atoms with Gasteiger partial charge in [-0.05, 0) is 44.0 Å². The molecule has 0 fully saturated rings. The van der Waals surface area contributed by atoms with E-state index in [9.17, 15) is 18.0 Å². The van der Waals surface area contributed by atoms with Crippen molar-refractivity contribution in [2.75, 3.05) is 11.9 Å². The van der Waals surface area contributed by atoms with Crippen molar-refractivity contribution in [1.82, 2.24) is 5.32 Å². The summed E-state index contributed by atoms with van der Waals surface area (Å²) in [5, 5.41) is 5.60. The number of hydrogen-bond acceptors (Lipinski definition) is 2. The van der Waals surface area contributed by atoms with Gasteiger partial charge >= 0.3 is 6.18 Å². The molecule has 1 amide bonds. The lowest BCUT2D eigenvalue weighted by Gasteiger charge is -2.16. The first kappa shape index (κ1) is 20.0. The van der Waals surface area contributed by atoms with E-state index in [1.54, 1.807) is 0 Å². The lowest BCUT2D eigenvalue weighted by Crippen LogP contribution is -2.31. The molecular formula is C20H23F3N2O. The van der Waals surface area contributed by atoms with E-state index < -0.39 is 17.6 Å². The van der Waals surface area contributed by atoms with Crippen molar-refractivity contribution < 1.29 is 18.0 Å². The largest absolute Gasteiger partial charge is 0.418 e. The molecule has 2 rings (SSSR count). The predicted octanol–water partition coefficient (Wildman–Crippen LogP) is 4.64. The second-order valence-electron chi connectivity index (χ2n) is 6.24. The molecule has 3 nitrogen and oxygen atoms in total. The molecule has 0 aromatic heterocycles. The molecule has 26 heavy (non-hydrogen) atoms. The minimum absolute atomic E-state index is 0.109. The Bertz CT molecular complexity index is 702. The molecule has 1 atom stereocenters. The molecule has 2 aromatic carbocycles. The first-order valence-electron chi connectivity index (χ1n) is 8.59. The minimum Gasteiger partial charge on any atom is -0.325 e. The molecule has 140 valence electrons. The summed E-state index contributed by atoms with van der Waals surface area (Å²) in [6.07, 6.45) is -2.53. The predicted molar refractivity (Wildman–Crippen MR) is 96.9 cm³/mol. The van der Waals surface area contributed by atoms with Gasteiger partial charge in [0.1, 0.15) is 0 Å². The molecule has 0 spiro atoms. The quantitative estimate of drug-likeness (QED) is 0.670. The average Bonchev–Trinajstić information content (AvgIpc) is 2.59. The van der Waals surface area contributed by atoms with Crippen molar-refractivity contribution in [3.8, 4) is 0 Å². The topological polar surface area (TPSA) is 41.1 Å². The highest BCUT2D eigenvalue weighted by Gasteiger charge is 2.33. The summed E-state index contributed by atoms with van der Waals surface area (Å²) in [4.78, 5) is 12.0. The number of anilines is 1. The number of para-hydroxylation sites is 1. The fraction of sp³-hybridized carbons (Fsp3) is 0.350. The Hall–Kier alpha value is -2.34. The van der Waals surface area contributed by atoms with Gasteiger partial charge in [-0.25, -0.2) is 0 Å². The molecule has 0 saturated heterocycles. The molecule has 2 N–H and O–H groups in total. The molecule has 0 aliphatic carbocycles. The number of carbonyl (C=O) groups is 1. The van der Waals surface area contributed by atoms with Crippen LogP contribution in [0.15, 0.2) is 54.6 Å². The van der Waals surface area contributed by atoms with Gasteiger partial charge in [0.15, 0.2) is 0 Å². The number of rotatable bonds is 8. The summed E-state index contributed by atoms with van der Waals surface area (Å²) < 4.78 is 38.8. The van der Waals surface area contributed by atoms with Crippen LogP contribution in [0.2, 0.25) is 0 Å². The second-order valence-corrected chi connectivity index (χ2v) is 6.24. The van der Waals surface area contributed by atoms with Crippen LogP contribution < -0.4 is 10.6 Å². The molecule has 1 unspecified atom stereocenters. The van der Waals surface area contributed by atoms with Gasteiger partial charge in [0.2, 0.25) is 5.91 Å². The number of nitrogens with one attached hydrogen (secondary N) is 2. The molecule has 0 radical (unpaired) electrons. The molecule has 0 bridgehead atoms. The second kappa shape index (κ2) is 9.38. The van der Waals surface area contributed by atoms with E-state index in [0.717, 1.165) is 25.5 Å². The highest BCUT2D eigenvalue weighted by molar-refractivity contribution is 5.92. The summed E-state index contributed by atoms with van der Waals surface area (Å²) in [5.74, 6) is -0.440. The lowest BCUT2D eigenvalue weighted by molar-refractivity contribution is -0.137. The van der Waals surface area contributed by atoms with Crippen LogP contribution in [0.25, 0.3) is 0 Å². The van der Waals surface area contributed by atoms with Crippen molar-refractivity contribution in [3.63, 3.8) is 0 Å².